The third kappa shape index (κ3) is 3.72. The molecule has 34 heavy (non-hydrogen) atoms. The standard InChI is InChI=1S/C23H23F3N4O4/c1-2-29-20-16(18(22(33)34)28-30(20)14-8-9-14)15(11-6-7-11)17(21(29)32)27-19(31)12-4-3-5-13(10-12)23(24,25)26/h3-5,10-11,14-15,17H,2,6-9H2,1H3,(H,27,31)(H,33,34)/t15-,17-/m0/s1. The zero-order chi connectivity index (χ0) is 24.4. The summed E-state index contributed by atoms with van der Waals surface area (Å²) in [7, 11) is 0. The van der Waals surface area contributed by atoms with Crippen molar-refractivity contribution in [1.29, 1.82) is 0 Å². The summed E-state index contributed by atoms with van der Waals surface area (Å²) < 4.78 is 41.0. The molecule has 0 bridgehead atoms. The smallest absolute Gasteiger partial charge is 0.416 e. The van der Waals surface area contributed by atoms with Gasteiger partial charge < -0.3 is 10.4 Å². The fourth-order valence-corrected chi connectivity index (χ4v) is 4.82. The summed E-state index contributed by atoms with van der Waals surface area (Å²) in [5.74, 6) is -2.61. The molecule has 11 heteroatoms. The van der Waals surface area contributed by atoms with Crippen molar-refractivity contribution in [2.45, 2.75) is 56.8 Å². The summed E-state index contributed by atoms with van der Waals surface area (Å²) in [4.78, 5) is 40.1. The number of hydrogen-bond donors (Lipinski definition) is 2. The molecule has 2 aliphatic carbocycles. The molecule has 2 heterocycles. The minimum atomic E-state index is -4.62. The molecule has 2 amide bonds. The SMILES string of the molecule is CCN1C(=O)[C@@H](NC(=O)c2cccc(C(F)(F)F)c2)[C@@H](C2CC2)c2c(C(=O)O)nn(C3CC3)c21. The van der Waals surface area contributed by atoms with E-state index >= 15 is 0 Å². The van der Waals surface area contributed by atoms with E-state index in [2.05, 4.69) is 10.4 Å². The zero-order valence-corrected chi connectivity index (χ0v) is 18.3. The maximum atomic E-state index is 13.6. The second-order valence-corrected chi connectivity index (χ2v) is 9.04. The normalized spacial score (nSPS) is 22.5. The highest BCUT2D eigenvalue weighted by Crippen LogP contribution is 2.53. The zero-order valence-electron chi connectivity index (χ0n) is 18.3. The number of halogens is 3. The number of fused-ring (bicyclic) bond motifs is 1. The fourth-order valence-electron chi connectivity index (χ4n) is 4.82. The summed E-state index contributed by atoms with van der Waals surface area (Å²) in [6, 6.07) is 2.92. The van der Waals surface area contributed by atoms with E-state index in [9.17, 15) is 32.7 Å². The van der Waals surface area contributed by atoms with Gasteiger partial charge in [0.2, 0.25) is 0 Å². The van der Waals surface area contributed by atoms with E-state index in [4.69, 9.17) is 0 Å². The molecule has 2 fully saturated rings. The quantitative estimate of drug-likeness (QED) is 0.663. The number of hydrogen-bond acceptors (Lipinski definition) is 4. The average Bonchev–Trinajstić information content (AvgIpc) is 3.71. The van der Waals surface area contributed by atoms with E-state index in [1.807, 2.05) is 0 Å². The molecule has 180 valence electrons. The highest BCUT2D eigenvalue weighted by Gasteiger charge is 2.52. The Morgan fingerprint density at radius 1 is 1.21 bits per heavy atom. The molecule has 1 aromatic carbocycles. The van der Waals surface area contributed by atoms with Crippen LogP contribution in [0.1, 0.15) is 76.5 Å². The maximum absolute atomic E-state index is 13.6. The lowest BCUT2D eigenvalue weighted by Gasteiger charge is -2.38. The molecule has 2 aromatic rings. The van der Waals surface area contributed by atoms with Gasteiger partial charge in [0.15, 0.2) is 5.69 Å². The first kappa shape index (κ1) is 22.4. The molecule has 2 saturated carbocycles. The largest absolute Gasteiger partial charge is 0.476 e. The van der Waals surface area contributed by atoms with Crippen LogP contribution in [0.2, 0.25) is 0 Å². The highest BCUT2D eigenvalue weighted by atomic mass is 19.4. The number of anilines is 1. The Hall–Kier alpha value is -3.37. The van der Waals surface area contributed by atoms with Crippen molar-refractivity contribution in [3.63, 3.8) is 0 Å². The first-order valence-electron chi connectivity index (χ1n) is 11.3. The molecular weight excluding hydrogens is 453 g/mol. The van der Waals surface area contributed by atoms with Crippen molar-refractivity contribution in [3.8, 4) is 0 Å². The lowest BCUT2D eigenvalue weighted by Crippen LogP contribution is -2.56. The third-order valence-corrected chi connectivity index (χ3v) is 6.68. The molecule has 1 aliphatic heterocycles. The Bertz CT molecular complexity index is 1180. The van der Waals surface area contributed by atoms with Gasteiger partial charge in [-0.2, -0.15) is 18.3 Å². The number of aromatic carboxylic acids is 1. The molecule has 0 spiro atoms. The molecule has 3 aliphatic rings. The van der Waals surface area contributed by atoms with E-state index in [0.29, 0.717) is 11.4 Å². The molecule has 2 N–H and O–H groups in total. The van der Waals surface area contributed by atoms with Gasteiger partial charge in [0.1, 0.15) is 11.9 Å². The van der Waals surface area contributed by atoms with E-state index in [1.54, 1.807) is 11.6 Å². The van der Waals surface area contributed by atoms with E-state index in [0.717, 1.165) is 43.9 Å². The summed E-state index contributed by atoms with van der Waals surface area (Å²) in [5, 5.41) is 16.9. The first-order chi connectivity index (χ1) is 16.1. The van der Waals surface area contributed by atoms with Crippen molar-refractivity contribution in [2.75, 3.05) is 11.4 Å². The monoisotopic (exact) mass is 476 g/mol. The van der Waals surface area contributed by atoms with Gasteiger partial charge in [-0.15, -0.1) is 0 Å². The van der Waals surface area contributed by atoms with Crippen LogP contribution in [0.15, 0.2) is 24.3 Å². The minimum absolute atomic E-state index is 0.0246. The van der Waals surface area contributed by atoms with Crippen LogP contribution < -0.4 is 10.2 Å². The summed E-state index contributed by atoms with van der Waals surface area (Å²) in [5.41, 5.74) is -0.899. The predicted molar refractivity (Wildman–Crippen MR) is 114 cm³/mol. The van der Waals surface area contributed by atoms with Crippen molar-refractivity contribution in [1.82, 2.24) is 15.1 Å². The molecule has 0 unspecified atom stereocenters. The van der Waals surface area contributed by atoms with Crippen LogP contribution in [0.25, 0.3) is 0 Å². The number of carbonyl (C=O) groups excluding carboxylic acids is 2. The van der Waals surface area contributed by atoms with Crippen LogP contribution in [0.5, 0.6) is 0 Å². The molecule has 2 atom stereocenters. The van der Waals surface area contributed by atoms with Crippen LogP contribution in [0.4, 0.5) is 19.0 Å². The molecule has 5 rings (SSSR count). The molecular formula is C23H23F3N4O4. The number of amides is 2. The van der Waals surface area contributed by atoms with Gasteiger partial charge in [-0.1, -0.05) is 6.07 Å². The second-order valence-electron chi connectivity index (χ2n) is 9.04. The minimum Gasteiger partial charge on any atom is -0.476 e. The van der Waals surface area contributed by atoms with Gasteiger partial charge in [0.05, 0.1) is 11.6 Å². The van der Waals surface area contributed by atoms with Crippen molar-refractivity contribution >= 4 is 23.6 Å². The Balaban J connectivity index is 1.56. The highest BCUT2D eigenvalue weighted by molar-refractivity contribution is 6.06. The van der Waals surface area contributed by atoms with Crippen LogP contribution in [0, 0.1) is 5.92 Å². The van der Waals surface area contributed by atoms with Gasteiger partial charge in [0, 0.05) is 23.6 Å². The number of likely N-dealkylation sites (N-methyl/N-ethyl adjacent to an activating group) is 1. The van der Waals surface area contributed by atoms with Crippen LogP contribution in [-0.4, -0.2) is 45.3 Å². The lowest BCUT2D eigenvalue weighted by molar-refractivity contribution is -0.137. The third-order valence-electron chi connectivity index (χ3n) is 6.68. The summed E-state index contributed by atoms with van der Waals surface area (Å²) in [6.45, 7) is 1.98. The number of carboxylic acid groups (broad SMARTS) is 1. The molecule has 0 radical (unpaired) electrons. The van der Waals surface area contributed by atoms with Gasteiger partial charge in [-0.25, -0.2) is 9.48 Å². The predicted octanol–water partition coefficient (Wildman–Crippen LogP) is 3.59. The number of carboxylic acids is 1. The van der Waals surface area contributed by atoms with E-state index < -0.39 is 41.5 Å². The summed E-state index contributed by atoms with van der Waals surface area (Å²) in [6.07, 6.45) is -1.43. The van der Waals surface area contributed by atoms with Gasteiger partial charge in [-0.05, 0) is 56.7 Å². The Labute approximate surface area is 192 Å². The van der Waals surface area contributed by atoms with Crippen LogP contribution >= 0.6 is 0 Å². The Kier molecular flexibility index (Phi) is 5.18. The number of alkyl halides is 3. The number of carbonyl (C=O) groups is 3. The van der Waals surface area contributed by atoms with E-state index in [1.165, 1.54) is 11.0 Å². The van der Waals surface area contributed by atoms with Crippen molar-refractivity contribution in [2.24, 2.45) is 5.92 Å². The van der Waals surface area contributed by atoms with Crippen molar-refractivity contribution in [3.05, 3.63) is 46.6 Å². The Morgan fingerprint density at radius 3 is 2.47 bits per heavy atom. The van der Waals surface area contributed by atoms with Gasteiger partial charge in [-0.3, -0.25) is 14.5 Å². The lowest BCUT2D eigenvalue weighted by atomic mass is 9.82. The van der Waals surface area contributed by atoms with Crippen LogP contribution in [0.3, 0.4) is 0 Å². The number of nitrogens with zero attached hydrogens (tertiary/aromatic N) is 3. The number of rotatable bonds is 6. The number of aromatic nitrogens is 2. The molecule has 1 aromatic heterocycles. The van der Waals surface area contributed by atoms with Crippen LogP contribution in [-0.2, 0) is 11.0 Å². The van der Waals surface area contributed by atoms with Gasteiger partial charge >= 0.3 is 12.1 Å². The second kappa shape index (κ2) is 7.85. The Morgan fingerprint density at radius 2 is 1.91 bits per heavy atom. The maximum Gasteiger partial charge on any atom is 0.416 e. The molecule has 8 nitrogen and oxygen atoms in total. The number of nitrogens with one attached hydrogen (secondary N) is 1. The fraction of sp³-hybridized carbons (Fsp3) is 0.478. The van der Waals surface area contributed by atoms with Crippen molar-refractivity contribution < 1.29 is 32.7 Å². The van der Waals surface area contributed by atoms with Gasteiger partial charge in [0.25, 0.3) is 11.8 Å². The average molecular weight is 476 g/mol. The number of benzene rings is 1. The first-order valence-corrected chi connectivity index (χ1v) is 11.3. The van der Waals surface area contributed by atoms with E-state index in [-0.39, 0.29) is 29.8 Å². The molecule has 0 saturated heterocycles. The topological polar surface area (TPSA) is 105 Å². The summed E-state index contributed by atoms with van der Waals surface area (Å²) >= 11 is 0.